The highest BCUT2D eigenvalue weighted by Gasteiger charge is 2.37. The molecular weight excluding hydrogens is 304 g/mol. The lowest BCUT2D eigenvalue weighted by Gasteiger charge is -2.34. The predicted molar refractivity (Wildman–Crippen MR) is 81.1 cm³/mol. The third-order valence-electron chi connectivity index (χ3n) is 4.53. The molecule has 1 N–H and O–H groups in total. The molecule has 1 aromatic carbocycles. The van der Waals surface area contributed by atoms with Crippen LogP contribution in [0.5, 0.6) is 0 Å². The third-order valence-corrected chi connectivity index (χ3v) is 6.41. The Labute approximate surface area is 130 Å². The van der Waals surface area contributed by atoms with Crippen molar-refractivity contribution in [3.63, 3.8) is 0 Å². The van der Waals surface area contributed by atoms with Gasteiger partial charge in [0.2, 0.25) is 10.0 Å². The molecule has 2 atom stereocenters. The van der Waals surface area contributed by atoms with Crippen LogP contribution in [0.3, 0.4) is 0 Å². The van der Waals surface area contributed by atoms with Crippen molar-refractivity contribution in [3.8, 4) is 0 Å². The summed E-state index contributed by atoms with van der Waals surface area (Å²) in [6.45, 7) is 2.07. The molecule has 0 saturated carbocycles. The number of esters is 1. The van der Waals surface area contributed by atoms with Crippen molar-refractivity contribution in [1.82, 2.24) is 9.62 Å². The molecule has 0 aromatic heterocycles. The van der Waals surface area contributed by atoms with Gasteiger partial charge in [0.05, 0.1) is 17.6 Å². The summed E-state index contributed by atoms with van der Waals surface area (Å²) in [5.41, 5.74) is 0.347. The molecule has 7 heteroatoms. The average Bonchev–Trinajstić information content (AvgIpc) is 3.01. The minimum atomic E-state index is -3.50. The largest absolute Gasteiger partial charge is 0.465 e. The van der Waals surface area contributed by atoms with Gasteiger partial charge in [0.1, 0.15) is 0 Å². The lowest BCUT2D eigenvalue weighted by atomic mass is 9.95. The minimum Gasteiger partial charge on any atom is -0.465 e. The summed E-state index contributed by atoms with van der Waals surface area (Å²) >= 11 is 0. The molecule has 2 aliphatic rings. The second-order valence-corrected chi connectivity index (χ2v) is 7.71. The Hall–Kier alpha value is -1.44. The summed E-state index contributed by atoms with van der Waals surface area (Å²) in [5, 5.41) is 3.42. The Morgan fingerprint density at radius 2 is 2.00 bits per heavy atom. The van der Waals surface area contributed by atoms with Crippen LogP contribution < -0.4 is 5.32 Å². The van der Waals surface area contributed by atoms with Gasteiger partial charge in [-0.25, -0.2) is 13.2 Å². The molecule has 1 aromatic rings. The maximum absolute atomic E-state index is 12.7. The van der Waals surface area contributed by atoms with E-state index in [9.17, 15) is 13.2 Å². The summed E-state index contributed by atoms with van der Waals surface area (Å²) < 4.78 is 31.6. The van der Waals surface area contributed by atoms with Crippen LogP contribution in [0.15, 0.2) is 29.2 Å². The van der Waals surface area contributed by atoms with E-state index in [-0.39, 0.29) is 4.90 Å². The zero-order chi connectivity index (χ0) is 15.7. The number of carbonyl (C=O) groups is 1. The van der Waals surface area contributed by atoms with Crippen molar-refractivity contribution in [2.45, 2.75) is 23.8 Å². The van der Waals surface area contributed by atoms with Crippen LogP contribution >= 0.6 is 0 Å². The fraction of sp³-hybridized carbons (Fsp3) is 0.533. The Morgan fingerprint density at radius 1 is 1.27 bits per heavy atom. The minimum absolute atomic E-state index is 0.226. The summed E-state index contributed by atoms with van der Waals surface area (Å²) in [5.74, 6) is -0.0698. The number of fused-ring (bicyclic) bond motifs is 1. The van der Waals surface area contributed by atoms with Gasteiger partial charge in [-0.3, -0.25) is 0 Å². The number of methoxy groups -OCH3 is 1. The van der Waals surface area contributed by atoms with Gasteiger partial charge in [-0.15, -0.1) is 0 Å². The molecule has 0 spiro atoms. The average molecular weight is 324 g/mol. The number of nitrogens with zero attached hydrogens (tertiary/aromatic N) is 1. The number of hydrogen-bond donors (Lipinski definition) is 1. The topological polar surface area (TPSA) is 75.7 Å². The summed E-state index contributed by atoms with van der Waals surface area (Å²) in [6.07, 6.45) is 1.88. The van der Waals surface area contributed by atoms with Crippen LogP contribution in [0.1, 0.15) is 23.2 Å². The monoisotopic (exact) mass is 324 g/mol. The molecule has 6 nitrogen and oxygen atoms in total. The van der Waals surface area contributed by atoms with Gasteiger partial charge in [0, 0.05) is 19.1 Å². The molecule has 22 heavy (non-hydrogen) atoms. The van der Waals surface area contributed by atoms with Crippen LogP contribution in [0.25, 0.3) is 0 Å². The first-order valence-corrected chi connectivity index (χ1v) is 8.88. The molecule has 0 amide bonds. The lowest BCUT2D eigenvalue weighted by Crippen LogP contribution is -2.46. The number of piperidine rings is 1. The smallest absolute Gasteiger partial charge is 0.337 e. The molecule has 0 radical (unpaired) electrons. The molecular formula is C15H20N2O4S. The first-order chi connectivity index (χ1) is 10.5. The van der Waals surface area contributed by atoms with E-state index in [1.807, 2.05) is 0 Å². The fourth-order valence-electron chi connectivity index (χ4n) is 3.26. The second kappa shape index (κ2) is 5.98. The van der Waals surface area contributed by atoms with Gasteiger partial charge < -0.3 is 10.1 Å². The Bertz CT molecular complexity index is 657. The second-order valence-electron chi connectivity index (χ2n) is 5.78. The van der Waals surface area contributed by atoms with Crippen molar-refractivity contribution in [3.05, 3.63) is 29.8 Å². The number of hydrogen-bond acceptors (Lipinski definition) is 5. The zero-order valence-corrected chi connectivity index (χ0v) is 13.3. The molecule has 0 aliphatic carbocycles. The molecule has 2 heterocycles. The SMILES string of the molecule is COC(=O)c1ccc(S(=O)(=O)N2CCC3NCCC3C2)cc1. The molecule has 0 bridgehead atoms. The number of nitrogens with one attached hydrogen (secondary N) is 1. The Kier molecular flexibility index (Phi) is 4.20. The number of benzene rings is 1. The van der Waals surface area contributed by atoms with E-state index in [4.69, 9.17) is 0 Å². The highest BCUT2D eigenvalue weighted by Crippen LogP contribution is 2.28. The van der Waals surface area contributed by atoms with Gasteiger partial charge in [-0.2, -0.15) is 4.31 Å². The normalized spacial score (nSPS) is 25.7. The van der Waals surface area contributed by atoms with Crippen molar-refractivity contribution < 1.29 is 17.9 Å². The van der Waals surface area contributed by atoms with Gasteiger partial charge >= 0.3 is 5.97 Å². The summed E-state index contributed by atoms with van der Waals surface area (Å²) in [7, 11) is -2.20. The van der Waals surface area contributed by atoms with Crippen molar-refractivity contribution in [2.24, 2.45) is 5.92 Å². The van der Waals surface area contributed by atoms with Gasteiger partial charge in [0.15, 0.2) is 0 Å². The maximum atomic E-state index is 12.7. The molecule has 2 fully saturated rings. The molecule has 2 saturated heterocycles. The first-order valence-electron chi connectivity index (χ1n) is 7.44. The van der Waals surface area contributed by atoms with E-state index in [2.05, 4.69) is 10.1 Å². The fourth-order valence-corrected chi connectivity index (χ4v) is 4.77. The van der Waals surface area contributed by atoms with E-state index in [0.29, 0.717) is 30.6 Å². The molecule has 3 rings (SSSR count). The van der Waals surface area contributed by atoms with Crippen LogP contribution in [-0.4, -0.2) is 51.5 Å². The van der Waals surface area contributed by atoms with Crippen molar-refractivity contribution in [1.29, 1.82) is 0 Å². The van der Waals surface area contributed by atoms with Crippen molar-refractivity contribution in [2.75, 3.05) is 26.7 Å². The molecule has 2 unspecified atom stereocenters. The summed E-state index contributed by atoms with van der Waals surface area (Å²) in [6, 6.07) is 6.37. The van der Waals surface area contributed by atoms with E-state index in [0.717, 1.165) is 19.4 Å². The highest BCUT2D eigenvalue weighted by molar-refractivity contribution is 7.89. The lowest BCUT2D eigenvalue weighted by molar-refractivity contribution is 0.0600. The standard InChI is InChI=1S/C15H20N2O4S/c1-21-15(18)11-2-4-13(5-3-11)22(19,20)17-9-7-14-12(10-17)6-8-16-14/h2-5,12,14,16H,6-10H2,1H3. The zero-order valence-electron chi connectivity index (χ0n) is 12.5. The third kappa shape index (κ3) is 2.76. The number of carbonyl (C=O) groups excluding carboxylic acids is 1. The Morgan fingerprint density at radius 3 is 2.68 bits per heavy atom. The number of rotatable bonds is 3. The van der Waals surface area contributed by atoms with E-state index >= 15 is 0 Å². The summed E-state index contributed by atoms with van der Waals surface area (Å²) in [4.78, 5) is 11.6. The van der Waals surface area contributed by atoms with E-state index in [1.165, 1.54) is 31.4 Å². The quantitative estimate of drug-likeness (QED) is 0.834. The number of sulfonamides is 1. The van der Waals surface area contributed by atoms with E-state index in [1.54, 1.807) is 4.31 Å². The van der Waals surface area contributed by atoms with Gasteiger partial charge in [-0.05, 0) is 49.6 Å². The Balaban J connectivity index is 1.79. The highest BCUT2D eigenvalue weighted by atomic mass is 32.2. The number of ether oxygens (including phenoxy) is 1. The molecule has 2 aliphatic heterocycles. The van der Waals surface area contributed by atoms with Crippen LogP contribution in [0.2, 0.25) is 0 Å². The molecule has 120 valence electrons. The first kappa shape index (κ1) is 15.5. The van der Waals surface area contributed by atoms with Crippen LogP contribution in [-0.2, 0) is 14.8 Å². The predicted octanol–water partition coefficient (Wildman–Crippen LogP) is 0.846. The van der Waals surface area contributed by atoms with Crippen molar-refractivity contribution >= 4 is 16.0 Å². The van der Waals surface area contributed by atoms with Crippen LogP contribution in [0, 0.1) is 5.92 Å². The van der Waals surface area contributed by atoms with Gasteiger partial charge in [-0.1, -0.05) is 0 Å². The van der Waals surface area contributed by atoms with Gasteiger partial charge in [0.25, 0.3) is 0 Å². The van der Waals surface area contributed by atoms with Crippen LogP contribution in [0.4, 0.5) is 0 Å². The maximum Gasteiger partial charge on any atom is 0.337 e. The van der Waals surface area contributed by atoms with E-state index < -0.39 is 16.0 Å².